The molecule has 1 saturated heterocycles. The number of allylic oxidation sites excluding steroid dienone is 6. The van der Waals surface area contributed by atoms with Gasteiger partial charge in [0.2, 0.25) is 0 Å². The van der Waals surface area contributed by atoms with Gasteiger partial charge in [0.1, 0.15) is 0 Å². The Bertz CT molecular complexity index is 441. The highest BCUT2D eigenvalue weighted by Gasteiger charge is 2.50. The summed E-state index contributed by atoms with van der Waals surface area (Å²) < 4.78 is 6.01. The molecular formula is C20H32O. The zero-order valence-corrected chi connectivity index (χ0v) is 14.5. The number of fused-ring (bicyclic) bond motifs is 1. The Hall–Kier alpha value is -0.820. The predicted octanol–water partition coefficient (Wildman–Crippen LogP) is 5.83. The summed E-state index contributed by atoms with van der Waals surface area (Å²) >= 11 is 0. The van der Waals surface area contributed by atoms with Crippen molar-refractivity contribution in [2.75, 3.05) is 0 Å². The Balaban J connectivity index is 2.11. The minimum atomic E-state index is 0.149. The smallest absolute Gasteiger partial charge is 0.0920 e. The zero-order chi connectivity index (χ0) is 15.5. The van der Waals surface area contributed by atoms with Gasteiger partial charge in [0, 0.05) is 0 Å². The molecule has 0 aromatic carbocycles. The van der Waals surface area contributed by atoms with Crippen LogP contribution in [0.25, 0.3) is 0 Å². The summed E-state index contributed by atoms with van der Waals surface area (Å²) in [6.45, 7) is 11.4. The standard InChI is InChI=1S/C20H32O/c1-15(2)18-11-9-16(3)7-6-8-17(4)10-12-19-20(5,21-19)14-13-18/h7-9,11,15,18-19H,6,10,12-14H2,1-5H3/b11-9+,16-7-,17-8+/t18-,19-,20-/m0/s1. The lowest BCUT2D eigenvalue weighted by Gasteiger charge is -2.18. The number of hydrogen-bond acceptors (Lipinski definition) is 1. The van der Waals surface area contributed by atoms with Gasteiger partial charge >= 0.3 is 0 Å². The first-order chi connectivity index (χ1) is 9.90. The molecule has 0 aromatic rings. The molecule has 0 N–H and O–H groups in total. The Morgan fingerprint density at radius 3 is 2.67 bits per heavy atom. The topological polar surface area (TPSA) is 12.5 Å². The molecule has 0 unspecified atom stereocenters. The Morgan fingerprint density at radius 2 is 1.95 bits per heavy atom. The molecule has 0 saturated carbocycles. The summed E-state index contributed by atoms with van der Waals surface area (Å²) in [6.07, 6.45) is 15.8. The van der Waals surface area contributed by atoms with Crippen LogP contribution < -0.4 is 0 Å². The highest BCUT2D eigenvalue weighted by Crippen LogP contribution is 2.44. The minimum Gasteiger partial charge on any atom is -0.366 e. The van der Waals surface area contributed by atoms with Gasteiger partial charge in [0.05, 0.1) is 11.7 Å². The molecule has 1 heteroatoms. The van der Waals surface area contributed by atoms with E-state index in [1.54, 1.807) is 0 Å². The number of ether oxygens (including phenoxy) is 1. The van der Waals surface area contributed by atoms with Crippen molar-refractivity contribution in [3.8, 4) is 0 Å². The molecular weight excluding hydrogens is 256 g/mol. The quantitative estimate of drug-likeness (QED) is 0.437. The second kappa shape index (κ2) is 6.96. The second-order valence-corrected chi connectivity index (χ2v) is 7.50. The summed E-state index contributed by atoms with van der Waals surface area (Å²) in [5, 5.41) is 0. The Labute approximate surface area is 131 Å². The largest absolute Gasteiger partial charge is 0.366 e. The van der Waals surface area contributed by atoms with Gasteiger partial charge in [-0.25, -0.2) is 0 Å². The van der Waals surface area contributed by atoms with Crippen molar-refractivity contribution in [1.29, 1.82) is 0 Å². The van der Waals surface area contributed by atoms with Gasteiger partial charge in [-0.3, -0.25) is 0 Å². The van der Waals surface area contributed by atoms with Gasteiger partial charge < -0.3 is 4.74 Å². The first-order valence-corrected chi connectivity index (χ1v) is 8.59. The van der Waals surface area contributed by atoms with Crippen LogP contribution in [0.15, 0.2) is 35.5 Å². The van der Waals surface area contributed by atoms with E-state index in [4.69, 9.17) is 4.74 Å². The molecule has 0 spiro atoms. The van der Waals surface area contributed by atoms with E-state index in [0.717, 1.165) is 6.42 Å². The third kappa shape index (κ3) is 4.85. The van der Waals surface area contributed by atoms with Crippen LogP contribution in [-0.4, -0.2) is 11.7 Å². The van der Waals surface area contributed by atoms with Crippen molar-refractivity contribution in [3.63, 3.8) is 0 Å². The molecule has 1 nitrogen and oxygen atoms in total. The maximum atomic E-state index is 6.01. The average Bonchev–Trinajstić information content (AvgIpc) is 3.06. The lowest BCUT2D eigenvalue weighted by atomic mass is 9.86. The van der Waals surface area contributed by atoms with Gasteiger partial charge in [0.15, 0.2) is 0 Å². The predicted molar refractivity (Wildman–Crippen MR) is 91.3 cm³/mol. The first kappa shape index (κ1) is 16.5. The van der Waals surface area contributed by atoms with Crippen molar-refractivity contribution >= 4 is 0 Å². The Morgan fingerprint density at radius 1 is 1.19 bits per heavy atom. The molecule has 0 radical (unpaired) electrons. The van der Waals surface area contributed by atoms with Crippen LogP contribution >= 0.6 is 0 Å². The summed E-state index contributed by atoms with van der Waals surface area (Å²) in [7, 11) is 0. The van der Waals surface area contributed by atoms with Crippen LogP contribution in [0.3, 0.4) is 0 Å². The van der Waals surface area contributed by atoms with Gasteiger partial charge in [-0.05, 0) is 64.7 Å². The summed E-state index contributed by atoms with van der Waals surface area (Å²) in [5.74, 6) is 1.36. The van der Waals surface area contributed by atoms with Crippen molar-refractivity contribution < 1.29 is 4.74 Å². The Kier molecular flexibility index (Phi) is 5.48. The van der Waals surface area contributed by atoms with E-state index >= 15 is 0 Å². The van der Waals surface area contributed by atoms with Gasteiger partial charge in [-0.15, -0.1) is 0 Å². The van der Waals surface area contributed by atoms with E-state index in [1.807, 2.05) is 0 Å². The lowest BCUT2D eigenvalue weighted by molar-refractivity contribution is 0.274. The summed E-state index contributed by atoms with van der Waals surface area (Å²) in [6, 6.07) is 0. The number of rotatable bonds is 1. The maximum Gasteiger partial charge on any atom is 0.0920 e. The highest BCUT2D eigenvalue weighted by atomic mass is 16.6. The fourth-order valence-corrected chi connectivity index (χ4v) is 3.23. The zero-order valence-electron chi connectivity index (χ0n) is 14.5. The van der Waals surface area contributed by atoms with E-state index in [1.165, 1.54) is 36.8 Å². The number of epoxide rings is 1. The molecule has 1 heterocycles. The van der Waals surface area contributed by atoms with E-state index in [9.17, 15) is 0 Å². The fourth-order valence-electron chi connectivity index (χ4n) is 3.23. The second-order valence-electron chi connectivity index (χ2n) is 7.50. The van der Waals surface area contributed by atoms with Crippen molar-refractivity contribution in [2.24, 2.45) is 11.8 Å². The van der Waals surface area contributed by atoms with E-state index in [0.29, 0.717) is 17.9 Å². The van der Waals surface area contributed by atoms with Crippen LogP contribution in [-0.2, 0) is 4.74 Å². The third-order valence-corrected chi connectivity index (χ3v) is 5.18. The SMILES string of the molecule is CC1=C/C/C=C(\C)CC[C@@H]2O[C@@]2(C)CC[C@@H](C(C)C)\C=C\1. The van der Waals surface area contributed by atoms with Crippen LogP contribution in [0.4, 0.5) is 0 Å². The third-order valence-electron chi connectivity index (χ3n) is 5.18. The van der Waals surface area contributed by atoms with E-state index < -0.39 is 0 Å². The normalized spacial score (nSPS) is 41.2. The monoisotopic (exact) mass is 288 g/mol. The molecule has 3 atom stereocenters. The molecule has 0 bridgehead atoms. The van der Waals surface area contributed by atoms with Gasteiger partial charge in [0.25, 0.3) is 0 Å². The van der Waals surface area contributed by atoms with Gasteiger partial charge in [-0.1, -0.05) is 49.3 Å². The van der Waals surface area contributed by atoms with E-state index in [-0.39, 0.29) is 5.60 Å². The van der Waals surface area contributed by atoms with Crippen LogP contribution in [0.2, 0.25) is 0 Å². The average molecular weight is 288 g/mol. The highest BCUT2D eigenvalue weighted by molar-refractivity contribution is 5.19. The number of hydrogen-bond donors (Lipinski definition) is 0. The van der Waals surface area contributed by atoms with Crippen molar-refractivity contribution in [2.45, 2.75) is 78.4 Å². The minimum absolute atomic E-state index is 0.149. The van der Waals surface area contributed by atoms with Crippen molar-refractivity contribution in [1.82, 2.24) is 0 Å². The molecule has 1 aliphatic heterocycles. The van der Waals surface area contributed by atoms with Crippen LogP contribution in [0, 0.1) is 11.8 Å². The molecule has 21 heavy (non-hydrogen) atoms. The molecule has 2 aliphatic rings. The maximum absolute atomic E-state index is 6.01. The fraction of sp³-hybridized carbons (Fsp3) is 0.700. The van der Waals surface area contributed by atoms with Gasteiger partial charge in [-0.2, -0.15) is 0 Å². The first-order valence-electron chi connectivity index (χ1n) is 8.59. The summed E-state index contributed by atoms with van der Waals surface area (Å²) in [5.41, 5.74) is 3.03. The summed E-state index contributed by atoms with van der Waals surface area (Å²) in [4.78, 5) is 0. The van der Waals surface area contributed by atoms with Crippen LogP contribution in [0.5, 0.6) is 0 Å². The molecule has 1 fully saturated rings. The molecule has 118 valence electrons. The van der Waals surface area contributed by atoms with Crippen LogP contribution in [0.1, 0.15) is 66.7 Å². The molecule has 2 rings (SSSR count). The van der Waals surface area contributed by atoms with E-state index in [2.05, 4.69) is 58.9 Å². The lowest BCUT2D eigenvalue weighted by Crippen LogP contribution is -2.15. The molecule has 1 aliphatic carbocycles. The molecule has 0 amide bonds. The van der Waals surface area contributed by atoms with Crippen molar-refractivity contribution in [3.05, 3.63) is 35.5 Å². The molecule has 0 aromatic heterocycles.